The Labute approximate surface area is 160 Å². The van der Waals surface area contributed by atoms with Crippen molar-refractivity contribution >= 4 is 23.4 Å². The summed E-state index contributed by atoms with van der Waals surface area (Å²) in [5.74, 6) is -1.36. The van der Waals surface area contributed by atoms with Gasteiger partial charge < -0.3 is 15.5 Å². The molecule has 154 valence electrons. The quantitative estimate of drug-likeness (QED) is 0.758. The molecule has 1 fully saturated rings. The molecule has 0 aliphatic carbocycles. The van der Waals surface area contributed by atoms with E-state index in [-0.39, 0.29) is 12.5 Å². The van der Waals surface area contributed by atoms with Gasteiger partial charge in [-0.05, 0) is 37.6 Å². The summed E-state index contributed by atoms with van der Waals surface area (Å²) in [7, 11) is 3.23. The Morgan fingerprint density at radius 2 is 1.96 bits per heavy atom. The lowest BCUT2D eigenvalue weighted by atomic mass is 10.2. The van der Waals surface area contributed by atoms with Gasteiger partial charge in [0.2, 0.25) is 11.8 Å². The Hall–Kier alpha value is -2.62. The number of nitrogens with one attached hydrogen (secondary N) is 2. The van der Waals surface area contributed by atoms with E-state index < -0.39 is 30.6 Å². The van der Waals surface area contributed by atoms with E-state index in [0.717, 1.165) is 0 Å². The van der Waals surface area contributed by atoms with E-state index in [1.54, 1.807) is 37.2 Å². The molecule has 1 aliphatic heterocycles. The molecular formula is C18H23F3N4O3. The predicted octanol–water partition coefficient (Wildman–Crippen LogP) is 1.47. The number of amides is 3. The third-order valence-corrected chi connectivity index (χ3v) is 4.28. The van der Waals surface area contributed by atoms with Crippen LogP contribution in [0.5, 0.6) is 0 Å². The van der Waals surface area contributed by atoms with Crippen LogP contribution < -0.4 is 10.6 Å². The highest BCUT2D eigenvalue weighted by Crippen LogP contribution is 2.19. The Balaban J connectivity index is 1.94. The van der Waals surface area contributed by atoms with Crippen molar-refractivity contribution in [1.29, 1.82) is 0 Å². The van der Waals surface area contributed by atoms with Gasteiger partial charge in [-0.1, -0.05) is 6.07 Å². The van der Waals surface area contributed by atoms with E-state index in [2.05, 4.69) is 5.32 Å². The zero-order valence-corrected chi connectivity index (χ0v) is 15.7. The summed E-state index contributed by atoms with van der Waals surface area (Å²) in [6, 6.07) is 5.66. The van der Waals surface area contributed by atoms with Crippen molar-refractivity contribution in [2.45, 2.75) is 25.1 Å². The summed E-state index contributed by atoms with van der Waals surface area (Å²) in [6.45, 7) is -1.08. The van der Waals surface area contributed by atoms with Crippen molar-refractivity contribution in [1.82, 2.24) is 15.1 Å². The molecule has 2 rings (SSSR count). The molecule has 0 radical (unpaired) electrons. The van der Waals surface area contributed by atoms with Gasteiger partial charge in [-0.25, -0.2) is 0 Å². The standard InChI is InChI=1S/C18H23F3N4O3/c1-24(2)17(28)12-5-3-6-13(9-12)23-15(26)10-25-8-4-7-14(25)16(27)22-11-18(19,20)21/h3,5-6,9,14H,4,7-8,10-11H2,1-2H3,(H,22,27)(H,23,26). The number of carbonyl (C=O) groups is 3. The number of rotatable bonds is 6. The van der Waals surface area contributed by atoms with Gasteiger partial charge in [-0.2, -0.15) is 13.2 Å². The third-order valence-electron chi connectivity index (χ3n) is 4.28. The van der Waals surface area contributed by atoms with Crippen LogP contribution in [-0.4, -0.2) is 73.5 Å². The van der Waals surface area contributed by atoms with Crippen LogP contribution in [0.1, 0.15) is 23.2 Å². The van der Waals surface area contributed by atoms with E-state index >= 15 is 0 Å². The fourth-order valence-electron chi connectivity index (χ4n) is 2.99. The maximum atomic E-state index is 12.3. The van der Waals surface area contributed by atoms with Crippen LogP contribution in [0.3, 0.4) is 0 Å². The van der Waals surface area contributed by atoms with Gasteiger partial charge in [0.05, 0.1) is 12.6 Å². The Morgan fingerprint density at radius 3 is 2.61 bits per heavy atom. The van der Waals surface area contributed by atoms with Crippen LogP contribution in [0.25, 0.3) is 0 Å². The fraction of sp³-hybridized carbons (Fsp3) is 0.500. The van der Waals surface area contributed by atoms with E-state index in [1.807, 2.05) is 5.32 Å². The molecular weight excluding hydrogens is 377 g/mol. The van der Waals surface area contributed by atoms with Gasteiger partial charge in [0.1, 0.15) is 6.54 Å². The number of nitrogens with zero attached hydrogens (tertiary/aromatic N) is 2. The number of halogens is 3. The van der Waals surface area contributed by atoms with Gasteiger partial charge in [-0.3, -0.25) is 19.3 Å². The molecule has 2 N–H and O–H groups in total. The van der Waals surface area contributed by atoms with Crippen LogP contribution in [0.4, 0.5) is 18.9 Å². The maximum absolute atomic E-state index is 12.3. The van der Waals surface area contributed by atoms with Gasteiger partial charge >= 0.3 is 6.18 Å². The Kier molecular flexibility index (Phi) is 7.00. The summed E-state index contributed by atoms with van der Waals surface area (Å²) in [5.41, 5.74) is 0.836. The van der Waals surface area contributed by atoms with Gasteiger partial charge in [0.25, 0.3) is 5.91 Å². The Bertz CT molecular complexity index is 737. The van der Waals surface area contributed by atoms with Crippen molar-refractivity contribution in [3.05, 3.63) is 29.8 Å². The van der Waals surface area contributed by atoms with E-state index in [0.29, 0.717) is 30.6 Å². The predicted molar refractivity (Wildman–Crippen MR) is 96.7 cm³/mol. The first-order valence-electron chi connectivity index (χ1n) is 8.77. The molecule has 3 amide bonds. The van der Waals surface area contributed by atoms with Crippen molar-refractivity contribution in [3.63, 3.8) is 0 Å². The number of anilines is 1. The average Bonchev–Trinajstić information content (AvgIpc) is 3.06. The lowest BCUT2D eigenvalue weighted by Crippen LogP contribution is -2.47. The molecule has 0 saturated carbocycles. The first-order valence-corrected chi connectivity index (χ1v) is 8.77. The van der Waals surface area contributed by atoms with Crippen LogP contribution >= 0.6 is 0 Å². The SMILES string of the molecule is CN(C)C(=O)c1cccc(NC(=O)CN2CCCC2C(=O)NCC(F)(F)F)c1. The Morgan fingerprint density at radius 1 is 1.25 bits per heavy atom. The normalized spacial score (nSPS) is 17.2. The lowest BCUT2D eigenvalue weighted by molar-refractivity contribution is -0.141. The lowest BCUT2D eigenvalue weighted by Gasteiger charge is -2.23. The van der Waals surface area contributed by atoms with Crippen LogP contribution in [0.2, 0.25) is 0 Å². The monoisotopic (exact) mass is 400 g/mol. The number of hydrogen-bond acceptors (Lipinski definition) is 4. The van der Waals surface area contributed by atoms with Crippen molar-refractivity contribution < 1.29 is 27.6 Å². The molecule has 10 heteroatoms. The molecule has 1 aromatic carbocycles. The van der Waals surface area contributed by atoms with Gasteiger partial charge in [0.15, 0.2) is 0 Å². The number of carbonyl (C=O) groups excluding carboxylic acids is 3. The average molecular weight is 400 g/mol. The van der Waals surface area contributed by atoms with Crippen molar-refractivity contribution in [3.8, 4) is 0 Å². The zero-order chi connectivity index (χ0) is 20.9. The first kappa shape index (κ1) is 21.7. The molecule has 1 atom stereocenters. The second-order valence-corrected chi connectivity index (χ2v) is 6.79. The minimum Gasteiger partial charge on any atom is -0.346 e. The number of hydrogen-bond donors (Lipinski definition) is 2. The maximum Gasteiger partial charge on any atom is 0.405 e. The minimum atomic E-state index is -4.48. The molecule has 0 bridgehead atoms. The van der Waals surface area contributed by atoms with Crippen molar-refractivity contribution in [2.75, 3.05) is 39.0 Å². The highest BCUT2D eigenvalue weighted by molar-refractivity contribution is 5.97. The van der Waals surface area contributed by atoms with Crippen LogP contribution in [0.15, 0.2) is 24.3 Å². The molecule has 1 heterocycles. The van der Waals surface area contributed by atoms with E-state index in [1.165, 1.54) is 11.0 Å². The molecule has 1 unspecified atom stereocenters. The summed E-state index contributed by atoms with van der Waals surface area (Å²) in [5, 5.41) is 4.52. The van der Waals surface area contributed by atoms with Crippen molar-refractivity contribution in [2.24, 2.45) is 0 Å². The molecule has 7 nitrogen and oxygen atoms in total. The molecule has 1 aromatic rings. The van der Waals surface area contributed by atoms with Gasteiger partial charge in [0, 0.05) is 25.3 Å². The summed E-state index contributed by atoms with van der Waals surface area (Å²) >= 11 is 0. The minimum absolute atomic E-state index is 0.129. The van der Waals surface area contributed by atoms with Gasteiger partial charge in [-0.15, -0.1) is 0 Å². The molecule has 28 heavy (non-hydrogen) atoms. The highest BCUT2D eigenvalue weighted by atomic mass is 19.4. The summed E-state index contributed by atoms with van der Waals surface area (Å²) < 4.78 is 36.8. The number of likely N-dealkylation sites (tertiary alicyclic amines) is 1. The largest absolute Gasteiger partial charge is 0.405 e. The zero-order valence-electron chi connectivity index (χ0n) is 15.7. The van der Waals surface area contributed by atoms with Crippen LogP contribution in [0, 0.1) is 0 Å². The highest BCUT2D eigenvalue weighted by Gasteiger charge is 2.34. The fourth-order valence-corrected chi connectivity index (χ4v) is 2.99. The second-order valence-electron chi connectivity index (χ2n) is 6.79. The summed E-state index contributed by atoms with van der Waals surface area (Å²) in [6.07, 6.45) is -3.47. The molecule has 1 saturated heterocycles. The second kappa shape index (κ2) is 9.05. The smallest absolute Gasteiger partial charge is 0.346 e. The molecule has 0 spiro atoms. The van der Waals surface area contributed by atoms with Crippen LogP contribution in [-0.2, 0) is 9.59 Å². The summed E-state index contributed by atoms with van der Waals surface area (Å²) in [4.78, 5) is 39.3. The number of alkyl halides is 3. The molecule has 1 aliphatic rings. The first-order chi connectivity index (χ1) is 13.1. The van der Waals surface area contributed by atoms with E-state index in [4.69, 9.17) is 0 Å². The topological polar surface area (TPSA) is 81.8 Å². The molecule has 0 aromatic heterocycles. The number of benzene rings is 1. The van der Waals surface area contributed by atoms with E-state index in [9.17, 15) is 27.6 Å². The third kappa shape index (κ3) is 6.22.